The number of halogens is 3. The molecule has 0 amide bonds. The molecule has 0 unspecified atom stereocenters. The van der Waals surface area contributed by atoms with Crippen molar-refractivity contribution in [2.75, 3.05) is 5.75 Å². The predicted molar refractivity (Wildman–Crippen MR) is 36.4 cm³/mol. The molecule has 3 N–H and O–H groups in total. The quantitative estimate of drug-likeness (QED) is 0.507. The molecule has 0 fully saturated rings. The maximum absolute atomic E-state index is 11.5. The highest BCUT2D eigenvalue weighted by Crippen LogP contribution is 2.21. The second-order valence-electron chi connectivity index (χ2n) is 2.16. The third kappa shape index (κ3) is 6.38. The highest BCUT2D eigenvalue weighted by molar-refractivity contribution is 7.89. The van der Waals surface area contributed by atoms with Gasteiger partial charge < -0.3 is 0 Å². The summed E-state index contributed by atoms with van der Waals surface area (Å²) in [4.78, 5) is 1.43. The average molecular weight is 206 g/mol. The maximum atomic E-state index is 11.5. The number of hydrogen-bond donors (Lipinski definition) is 2. The summed E-state index contributed by atoms with van der Waals surface area (Å²) in [5.74, 6) is 3.93. The van der Waals surface area contributed by atoms with Crippen molar-refractivity contribution in [3.05, 3.63) is 0 Å². The molecule has 0 aromatic carbocycles. The van der Waals surface area contributed by atoms with Gasteiger partial charge in [-0.3, -0.25) is 5.84 Å². The summed E-state index contributed by atoms with van der Waals surface area (Å²) in [5.41, 5.74) is 0. The van der Waals surface area contributed by atoms with Gasteiger partial charge in [0.2, 0.25) is 10.0 Å². The van der Waals surface area contributed by atoms with E-state index < -0.39 is 34.8 Å². The number of alkyl halides is 3. The maximum Gasteiger partial charge on any atom is 0.389 e. The third-order valence-corrected chi connectivity index (χ3v) is 2.24. The van der Waals surface area contributed by atoms with Crippen molar-refractivity contribution in [1.29, 1.82) is 0 Å². The molecule has 0 atom stereocenters. The number of nitrogens with one attached hydrogen (secondary N) is 1. The Bertz CT molecular complexity index is 223. The van der Waals surface area contributed by atoms with Crippen molar-refractivity contribution in [3.8, 4) is 0 Å². The molecule has 0 aliphatic heterocycles. The largest absolute Gasteiger partial charge is 0.389 e. The van der Waals surface area contributed by atoms with E-state index >= 15 is 0 Å². The molecule has 0 aliphatic carbocycles. The van der Waals surface area contributed by atoms with Crippen molar-refractivity contribution in [2.45, 2.75) is 19.0 Å². The highest BCUT2D eigenvalue weighted by Gasteiger charge is 2.27. The van der Waals surface area contributed by atoms with Crippen LogP contribution in [0.2, 0.25) is 0 Å². The van der Waals surface area contributed by atoms with Crippen molar-refractivity contribution >= 4 is 10.0 Å². The van der Waals surface area contributed by atoms with Crippen LogP contribution in [0.5, 0.6) is 0 Å². The Labute approximate surface area is 68.0 Å². The fourth-order valence-electron chi connectivity index (χ4n) is 0.522. The van der Waals surface area contributed by atoms with Gasteiger partial charge in [0.05, 0.1) is 5.75 Å². The molecule has 0 radical (unpaired) electrons. The van der Waals surface area contributed by atoms with Crippen LogP contribution >= 0.6 is 0 Å². The molecule has 0 saturated carbocycles. The molecule has 4 nitrogen and oxygen atoms in total. The molecule has 0 bridgehead atoms. The van der Waals surface area contributed by atoms with Crippen molar-refractivity contribution in [2.24, 2.45) is 5.84 Å². The van der Waals surface area contributed by atoms with Crippen molar-refractivity contribution in [3.63, 3.8) is 0 Å². The Morgan fingerprint density at radius 2 is 1.83 bits per heavy atom. The van der Waals surface area contributed by atoms with E-state index in [1.807, 2.05) is 0 Å². The standard InChI is InChI=1S/C4H9F3N2O2S/c5-4(6,7)2-1-3-12(10,11)9-8/h9H,1-3,8H2. The van der Waals surface area contributed by atoms with Crippen LogP contribution in [-0.2, 0) is 10.0 Å². The zero-order valence-corrected chi connectivity index (χ0v) is 6.87. The number of nitrogens with two attached hydrogens (primary N) is 1. The van der Waals surface area contributed by atoms with Gasteiger partial charge in [-0.15, -0.1) is 0 Å². The van der Waals surface area contributed by atoms with Gasteiger partial charge in [0.1, 0.15) is 0 Å². The molecular weight excluding hydrogens is 197 g/mol. The summed E-state index contributed by atoms with van der Waals surface area (Å²) in [6.45, 7) is 0. The lowest BCUT2D eigenvalue weighted by atomic mass is 10.3. The van der Waals surface area contributed by atoms with Gasteiger partial charge in [-0.2, -0.15) is 18.0 Å². The Hall–Kier alpha value is -0.340. The van der Waals surface area contributed by atoms with E-state index in [0.29, 0.717) is 0 Å². The van der Waals surface area contributed by atoms with Crippen molar-refractivity contribution < 1.29 is 21.6 Å². The minimum absolute atomic E-state index is 0.476. The average Bonchev–Trinajstić information content (AvgIpc) is 1.84. The molecular formula is C4H9F3N2O2S. The van der Waals surface area contributed by atoms with E-state index in [1.54, 1.807) is 0 Å². The van der Waals surface area contributed by atoms with Crippen LogP contribution in [0, 0.1) is 0 Å². The molecule has 0 heterocycles. The Morgan fingerprint density at radius 3 is 2.17 bits per heavy atom. The highest BCUT2D eigenvalue weighted by atomic mass is 32.2. The molecule has 0 aromatic rings. The molecule has 0 rings (SSSR count). The molecule has 0 spiro atoms. The topological polar surface area (TPSA) is 72.2 Å². The molecule has 74 valence electrons. The first-order valence-electron chi connectivity index (χ1n) is 3.04. The van der Waals surface area contributed by atoms with E-state index in [0.717, 1.165) is 0 Å². The monoisotopic (exact) mass is 206 g/mol. The van der Waals surface area contributed by atoms with Crippen LogP contribution in [0.15, 0.2) is 0 Å². The first-order chi connectivity index (χ1) is 5.27. The third-order valence-electron chi connectivity index (χ3n) is 1.05. The Balaban J connectivity index is 3.73. The normalized spacial score (nSPS) is 13.3. The van der Waals surface area contributed by atoms with Crippen LogP contribution in [-0.4, -0.2) is 20.3 Å². The number of hydrazine groups is 1. The summed E-state index contributed by atoms with van der Waals surface area (Å²) in [5, 5.41) is 0. The second-order valence-corrected chi connectivity index (χ2v) is 4.03. The lowest BCUT2D eigenvalue weighted by Crippen LogP contribution is -2.32. The second kappa shape index (κ2) is 4.06. The molecule has 0 aromatic heterocycles. The van der Waals surface area contributed by atoms with Crippen molar-refractivity contribution in [1.82, 2.24) is 4.83 Å². The fourth-order valence-corrected chi connectivity index (χ4v) is 1.16. The summed E-state index contributed by atoms with van der Waals surface area (Å²) in [6.07, 6.45) is -5.91. The minimum Gasteiger partial charge on any atom is -0.258 e. The van der Waals surface area contributed by atoms with Gasteiger partial charge in [0, 0.05) is 6.42 Å². The van der Waals surface area contributed by atoms with Crippen LogP contribution in [0.1, 0.15) is 12.8 Å². The van der Waals surface area contributed by atoms with E-state index in [4.69, 9.17) is 0 Å². The molecule has 0 saturated heterocycles. The van der Waals surface area contributed by atoms with Gasteiger partial charge in [0.25, 0.3) is 0 Å². The summed E-state index contributed by atoms with van der Waals surface area (Å²) < 4.78 is 55.4. The lowest BCUT2D eigenvalue weighted by molar-refractivity contribution is -0.134. The zero-order chi connectivity index (χ0) is 9.83. The zero-order valence-electron chi connectivity index (χ0n) is 6.06. The van der Waals surface area contributed by atoms with Gasteiger partial charge in [-0.05, 0) is 6.42 Å². The smallest absolute Gasteiger partial charge is 0.258 e. The lowest BCUT2D eigenvalue weighted by Gasteiger charge is -2.05. The summed E-state index contributed by atoms with van der Waals surface area (Å²) in [7, 11) is -3.71. The van der Waals surface area contributed by atoms with Crippen LogP contribution in [0.25, 0.3) is 0 Å². The van der Waals surface area contributed by atoms with E-state index in [1.165, 1.54) is 4.83 Å². The predicted octanol–water partition coefficient (Wildman–Crippen LogP) is 0.122. The van der Waals surface area contributed by atoms with E-state index in [9.17, 15) is 21.6 Å². The minimum atomic E-state index is -4.32. The van der Waals surface area contributed by atoms with E-state index in [2.05, 4.69) is 5.84 Å². The SMILES string of the molecule is NNS(=O)(=O)CCCC(F)(F)F. The van der Waals surface area contributed by atoms with Gasteiger partial charge >= 0.3 is 6.18 Å². The summed E-state index contributed by atoms with van der Waals surface area (Å²) in [6, 6.07) is 0. The molecule has 8 heteroatoms. The van der Waals surface area contributed by atoms with Gasteiger partial charge in [-0.25, -0.2) is 8.42 Å². The van der Waals surface area contributed by atoms with Crippen LogP contribution in [0.4, 0.5) is 13.2 Å². The first-order valence-corrected chi connectivity index (χ1v) is 4.69. The van der Waals surface area contributed by atoms with Gasteiger partial charge in [-0.1, -0.05) is 0 Å². The van der Waals surface area contributed by atoms with E-state index in [-0.39, 0.29) is 0 Å². The number of hydrogen-bond acceptors (Lipinski definition) is 3. The number of sulfonamides is 1. The van der Waals surface area contributed by atoms with Gasteiger partial charge in [0.15, 0.2) is 0 Å². The van der Waals surface area contributed by atoms with Crippen LogP contribution < -0.4 is 10.7 Å². The van der Waals surface area contributed by atoms with Crippen LogP contribution in [0.3, 0.4) is 0 Å². The number of rotatable bonds is 4. The first kappa shape index (κ1) is 11.7. The summed E-state index contributed by atoms with van der Waals surface area (Å²) >= 11 is 0. The molecule has 0 aliphatic rings. The Morgan fingerprint density at radius 1 is 1.33 bits per heavy atom. The fraction of sp³-hybridized carbons (Fsp3) is 1.00. The molecule has 12 heavy (non-hydrogen) atoms. The Kier molecular flexibility index (Phi) is 3.94.